The van der Waals surface area contributed by atoms with Crippen molar-refractivity contribution < 1.29 is 4.74 Å². The number of unbranched alkanes of at least 4 members (excludes halogenated alkanes) is 3. The quantitative estimate of drug-likeness (QED) is 0.471. The van der Waals surface area contributed by atoms with Gasteiger partial charge in [0, 0.05) is 19.2 Å². The standard InChI is InChI=1S/C20H27NO/c1-3-4-5-9-16-22-20(2)14-12-19(13-15-20)21-17-18-10-7-6-8-11-18/h6-8,10-14,17H,3-5,9,15-16H2,1-2H3. The third kappa shape index (κ3) is 5.61. The van der Waals surface area contributed by atoms with E-state index in [0.717, 1.165) is 30.7 Å². The summed E-state index contributed by atoms with van der Waals surface area (Å²) in [4.78, 5) is 4.53. The number of nitrogens with zero attached hydrogens (tertiary/aromatic N) is 1. The van der Waals surface area contributed by atoms with E-state index in [0.29, 0.717) is 0 Å². The molecule has 1 aromatic carbocycles. The van der Waals surface area contributed by atoms with E-state index < -0.39 is 0 Å². The second-order valence-corrected chi connectivity index (χ2v) is 6.06. The van der Waals surface area contributed by atoms with Gasteiger partial charge >= 0.3 is 0 Å². The Labute approximate surface area is 134 Å². The van der Waals surface area contributed by atoms with Gasteiger partial charge in [0.1, 0.15) is 0 Å². The predicted molar refractivity (Wildman–Crippen MR) is 94.4 cm³/mol. The number of benzene rings is 1. The third-order valence-electron chi connectivity index (χ3n) is 3.92. The summed E-state index contributed by atoms with van der Waals surface area (Å²) < 4.78 is 6.04. The van der Waals surface area contributed by atoms with Gasteiger partial charge in [0.2, 0.25) is 0 Å². The molecule has 2 nitrogen and oxygen atoms in total. The van der Waals surface area contributed by atoms with Crippen LogP contribution in [-0.4, -0.2) is 18.4 Å². The summed E-state index contributed by atoms with van der Waals surface area (Å²) in [5.41, 5.74) is 1.96. The van der Waals surface area contributed by atoms with E-state index in [9.17, 15) is 0 Å². The monoisotopic (exact) mass is 297 g/mol. The highest BCUT2D eigenvalue weighted by Gasteiger charge is 2.22. The highest BCUT2D eigenvalue weighted by atomic mass is 16.5. The topological polar surface area (TPSA) is 21.6 Å². The lowest BCUT2D eigenvalue weighted by molar-refractivity contribution is 0.00467. The van der Waals surface area contributed by atoms with Gasteiger partial charge in [0.15, 0.2) is 0 Å². The van der Waals surface area contributed by atoms with Crippen molar-refractivity contribution in [2.24, 2.45) is 4.99 Å². The molecule has 0 amide bonds. The Bertz CT molecular complexity index is 530. The fourth-order valence-electron chi connectivity index (χ4n) is 2.43. The SMILES string of the molecule is CCCCCCOC1(C)C=CC(N=Cc2ccccc2)=CC1. The van der Waals surface area contributed by atoms with E-state index in [1.807, 2.05) is 24.4 Å². The van der Waals surface area contributed by atoms with Gasteiger partial charge < -0.3 is 4.74 Å². The summed E-state index contributed by atoms with van der Waals surface area (Å²) in [6, 6.07) is 10.2. The minimum Gasteiger partial charge on any atom is -0.371 e. The zero-order valence-electron chi connectivity index (χ0n) is 13.8. The molecule has 2 rings (SSSR count). The predicted octanol–water partition coefficient (Wildman–Crippen LogP) is 5.30. The summed E-state index contributed by atoms with van der Waals surface area (Å²) in [7, 11) is 0. The largest absolute Gasteiger partial charge is 0.371 e. The van der Waals surface area contributed by atoms with Crippen molar-refractivity contribution in [1.82, 2.24) is 0 Å². The van der Waals surface area contributed by atoms with Crippen LogP contribution in [0.4, 0.5) is 0 Å². The molecule has 0 fully saturated rings. The van der Waals surface area contributed by atoms with E-state index >= 15 is 0 Å². The smallest absolute Gasteiger partial charge is 0.0873 e. The maximum Gasteiger partial charge on any atom is 0.0873 e. The summed E-state index contributed by atoms with van der Waals surface area (Å²) in [6.45, 7) is 5.23. The Hall–Kier alpha value is -1.67. The minimum atomic E-state index is -0.169. The van der Waals surface area contributed by atoms with Gasteiger partial charge in [-0.05, 0) is 25.0 Å². The van der Waals surface area contributed by atoms with Crippen molar-refractivity contribution in [2.45, 2.75) is 51.6 Å². The molecule has 1 unspecified atom stereocenters. The first-order valence-corrected chi connectivity index (χ1v) is 8.34. The van der Waals surface area contributed by atoms with E-state index in [-0.39, 0.29) is 5.60 Å². The van der Waals surface area contributed by atoms with Crippen LogP contribution in [0, 0.1) is 0 Å². The fourth-order valence-corrected chi connectivity index (χ4v) is 2.43. The first-order valence-electron chi connectivity index (χ1n) is 8.34. The maximum absolute atomic E-state index is 6.04. The molecular weight excluding hydrogens is 270 g/mol. The van der Waals surface area contributed by atoms with Gasteiger partial charge in [-0.1, -0.05) is 68.7 Å². The van der Waals surface area contributed by atoms with Crippen LogP contribution in [0.3, 0.4) is 0 Å². The van der Waals surface area contributed by atoms with Crippen LogP contribution >= 0.6 is 0 Å². The molecule has 22 heavy (non-hydrogen) atoms. The second kappa shape index (κ2) is 8.70. The average molecular weight is 297 g/mol. The first-order chi connectivity index (χ1) is 10.7. The number of aliphatic imine (C=N–C) groups is 1. The van der Waals surface area contributed by atoms with Gasteiger partial charge in [-0.2, -0.15) is 0 Å². The van der Waals surface area contributed by atoms with Crippen molar-refractivity contribution in [1.29, 1.82) is 0 Å². The second-order valence-electron chi connectivity index (χ2n) is 6.06. The molecule has 0 heterocycles. The Morgan fingerprint density at radius 1 is 1.18 bits per heavy atom. The number of rotatable bonds is 8. The minimum absolute atomic E-state index is 0.169. The molecule has 2 heteroatoms. The molecule has 1 aromatic rings. The zero-order chi connectivity index (χ0) is 15.7. The van der Waals surface area contributed by atoms with E-state index in [1.54, 1.807) is 0 Å². The molecule has 1 aliphatic rings. The number of ether oxygens (including phenoxy) is 1. The Morgan fingerprint density at radius 2 is 2.00 bits per heavy atom. The van der Waals surface area contributed by atoms with Crippen LogP contribution in [0.25, 0.3) is 0 Å². The molecule has 1 atom stereocenters. The Morgan fingerprint density at radius 3 is 2.68 bits per heavy atom. The highest BCUT2D eigenvalue weighted by molar-refractivity contribution is 5.80. The molecule has 0 saturated carbocycles. The van der Waals surface area contributed by atoms with Crippen molar-refractivity contribution >= 4 is 6.21 Å². The van der Waals surface area contributed by atoms with Crippen LogP contribution in [0.5, 0.6) is 0 Å². The van der Waals surface area contributed by atoms with Gasteiger partial charge in [-0.25, -0.2) is 0 Å². The van der Waals surface area contributed by atoms with Crippen LogP contribution in [0.1, 0.15) is 51.5 Å². The van der Waals surface area contributed by atoms with Crippen molar-refractivity contribution in [3.63, 3.8) is 0 Å². The zero-order valence-corrected chi connectivity index (χ0v) is 13.8. The first kappa shape index (κ1) is 16.7. The van der Waals surface area contributed by atoms with Crippen LogP contribution < -0.4 is 0 Å². The van der Waals surface area contributed by atoms with Crippen molar-refractivity contribution in [3.05, 3.63) is 59.8 Å². The molecule has 0 aliphatic heterocycles. The molecule has 0 N–H and O–H groups in total. The van der Waals surface area contributed by atoms with Crippen molar-refractivity contribution in [3.8, 4) is 0 Å². The average Bonchev–Trinajstić information content (AvgIpc) is 2.55. The lowest BCUT2D eigenvalue weighted by Crippen LogP contribution is -2.27. The molecule has 0 aromatic heterocycles. The summed E-state index contributed by atoms with van der Waals surface area (Å²) in [6.07, 6.45) is 14.1. The highest BCUT2D eigenvalue weighted by Crippen LogP contribution is 2.25. The van der Waals surface area contributed by atoms with E-state index in [4.69, 9.17) is 4.74 Å². The number of hydrogen-bond donors (Lipinski definition) is 0. The van der Waals surface area contributed by atoms with Crippen molar-refractivity contribution in [2.75, 3.05) is 6.61 Å². The lowest BCUT2D eigenvalue weighted by Gasteiger charge is -2.27. The third-order valence-corrected chi connectivity index (χ3v) is 3.92. The van der Waals surface area contributed by atoms with E-state index in [2.05, 4.69) is 49.2 Å². The van der Waals surface area contributed by atoms with Crippen LogP contribution in [-0.2, 0) is 4.74 Å². The summed E-state index contributed by atoms with van der Waals surface area (Å²) in [5.74, 6) is 0. The molecule has 0 spiro atoms. The molecule has 0 radical (unpaired) electrons. The maximum atomic E-state index is 6.04. The number of hydrogen-bond acceptors (Lipinski definition) is 2. The van der Waals surface area contributed by atoms with Gasteiger partial charge in [-0.15, -0.1) is 0 Å². The van der Waals surface area contributed by atoms with Gasteiger partial charge in [0.05, 0.1) is 11.3 Å². The van der Waals surface area contributed by atoms with Gasteiger partial charge in [0.25, 0.3) is 0 Å². The van der Waals surface area contributed by atoms with E-state index in [1.165, 1.54) is 19.3 Å². The summed E-state index contributed by atoms with van der Waals surface area (Å²) in [5, 5.41) is 0. The van der Waals surface area contributed by atoms with Crippen LogP contribution in [0.15, 0.2) is 59.2 Å². The molecular formula is C20H27NO. The molecule has 0 bridgehead atoms. The number of allylic oxidation sites excluding steroid dienone is 1. The molecule has 118 valence electrons. The Balaban J connectivity index is 1.79. The molecule has 0 saturated heterocycles. The molecule has 1 aliphatic carbocycles. The summed E-state index contributed by atoms with van der Waals surface area (Å²) >= 11 is 0. The Kier molecular flexibility index (Phi) is 6.60. The van der Waals surface area contributed by atoms with Crippen LogP contribution in [0.2, 0.25) is 0 Å². The lowest BCUT2D eigenvalue weighted by atomic mass is 9.96. The normalized spacial score (nSPS) is 21.3. The van der Waals surface area contributed by atoms with Gasteiger partial charge in [-0.3, -0.25) is 4.99 Å². The fraction of sp³-hybridized carbons (Fsp3) is 0.450.